The van der Waals surface area contributed by atoms with Gasteiger partial charge in [-0.3, -0.25) is 4.79 Å². The highest BCUT2D eigenvalue weighted by Crippen LogP contribution is 2.23. The zero-order chi connectivity index (χ0) is 20.9. The van der Waals surface area contributed by atoms with Gasteiger partial charge in [0.05, 0.1) is 11.3 Å². The van der Waals surface area contributed by atoms with E-state index in [4.69, 9.17) is 9.26 Å². The molecule has 0 saturated carbocycles. The van der Waals surface area contributed by atoms with Crippen LogP contribution in [0.25, 0.3) is 0 Å². The summed E-state index contributed by atoms with van der Waals surface area (Å²) < 4.78 is 11.0. The van der Waals surface area contributed by atoms with Crippen molar-refractivity contribution in [2.24, 2.45) is 0 Å². The lowest BCUT2D eigenvalue weighted by Crippen LogP contribution is -2.29. The van der Waals surface area contributed by atoms with E-state index in [9.17, 15) is 4.79 Å². The van der Waals surface area contributed by atoms with Crippen LogP contribution in [0.15, 0.2) is 53.1 Å². The third-order valence-electron chi connectivity index (χ3n) is 5.51. The molecule has 0 atom stereocenters. The molecule has 1 aromatic heterocycles. The summed E-state index contributed by atoms with van der Waals surface area (Å²) in [6, 6.07) is 15.2. The summed E-state index contributed by atoms with van der Waals surface area (Å²) in [5.41, 5.74) is 4.28. The van der Waals surface area contributed by atoms with E-state index in [0.717, 1.165) is 35.8 Å². The van der Waals surface area contributed by atoms with E-state index >= 15 is 0 Å². The molecule has 1 saturated heterocycles. The Labute approximate surface area is 176 Å². The van der Waals surface area contributed by atoms with Crippen LogP contribution in [-0.4, -0.2) is 24.2 Å². The molecule has 3 aromatic rings. The predicted molar refractivity (Wildman–Crippen MR) is 117 cm³/mol. The van der Waals surface area contributed by atoms with Crippen LogP contribution < -0.4 is 15.0 Å². The molecule has 1 fully saturated rings. The van der Waals surface area contributed by atoms with E-state index in [1.807, 2.05) is 38.1 Å². The molecule has 6 nitrogen and oxygen atoms in total. The first-order valence-corrected chi connectivity index (χ1v) is 10.4. The first-order chi connectivity index (χ1) is 14.6. The Hall–Kier alpha value is -3.28. The molecule has 1 aliphatic rings. The van der Waals surface area contributed by atoms with Crippen LogP contribution >= 0.6 is 0 Å². The molecule has 156 valence electrons. The second-order valence-electron chi connectivity index (χ2n) is 7.67. The quantitative estimate of drug-likeness (QED) is 0.617. The monoisotopic (exact) mass is 405 g/mol. The summed E-state index contributed by atoms with van der Waals surface area (Å²) in [6.45, 7) is 6.30. The average molecular weight is 405 g/mol. The number of carbonyl (C=O) groups is 1. The van der Waals surface area contributed by atoms with Gasteiger partial charge in [0.15, 0.2) is 0 Å². The van der Waals surface area contributed by atoms with Crippen LogP contribution in [0.2, 0.25) is 0 Å². The second-order valence-corrected chi connectivity index (χ2v) is 7.67. The average Bonchev–Trinajstić information content (AvgIpc) is 3.11. The van der Waals surface area contributed by atoms with Crippen LogP contribution in [0.5, 0.6) is 5.75 Å². The number of benzene rings is 2. The number of hydrogen-bond acceptors (Lipinski definition) is 5. The Kier molecular flexibility index (Phi) is 6.02. The summed E-state index contributed by atoms with van der Waals surface area (Å²) in [4.78, 5) is 15.1. The number of piperidine rings is 1. The van der Waals surface area contributed by atoms with E-state index in [0.29, 0.717) is 17.9 Å². The molecule has 1 aliphatic heterocycles. The van der Waals surface area contributed by atoms with Gasteiger partial charge in [-0.2, -0.15) is 0 Å². The van der Waals surface area contributed by atoms with Crippen LogP contribution in [-0.2, 0) is 6.61 Å². The van der Waals surface area contributed by atoms with E-state index in [1.54, 1.807) is 12.1 Å². The van der Waals surface area contributed by atoms with Crippen molar-refractivity contribution in [3.05, 3.63) is 71.1 Å². The van der Waals surface area contributed by atoms with E-state index in [2.05, 4.69) is 27.5 Å². The first kappa shape index (κ1) is 20.0. The number of rotatable bonds is 6. The largest absolute Gasteiger partial charge is 0.489 e. The third kappa shape index (κ3) is 4.64. The van der Waals surface area contributed by atoms with Crippen molar-refractivity contribution in [1.82, 2.24) is 5.16 Å². The minimum absolute atomic E-state index is 0.163. The minimum atomic E-state index is -0.163. The number of anilines is 2. The molecule has 1 N–H and O–H groups in total. The SMILES string of the molecule is Cc1noc(C)c1COc1cccc(C(=O)Nc2ccc(N3CCCCC3)cc2)c1. The number of ether oxygens (including phenoxy) is 1. The topological polar surface area (TPSA) is 67.6 Å². The predicted octanol–water partition coefficient (Wildman–Crippen LogP) is 5.11. The van der Waals surface area contributed by atoms with Gasteiger partial charge in [-0.15, -0.1) is 0 Å². The summed E-state index contributed by atoms with van der Waals surface area (Å²) in [5.74, 6) is 1.21. The Morgan fingerprint density at radius 1 is 1.10 bits per heavy atom. The number of carbonyl (C=O) groups excluding carboxylic acids is 1. The molecular weight excluding hydrogens is 378 g/mol. The maximum Gasteiger partial charge on any atom is 0.255 e. The van der Waals surface area contributed by atoms with Crippen molar-refractivity contribution in [3.63, 3.8) is 0 Å². The van der Waals surface area contributed by atoms with Crippen LogP contribution in [0, 0.1) is 13.8 Å². The highest BCUT2D eigenvalue weighted by molar-refractivity contribution is 6.04. The number of amides is 1. The lowest BCUT2D eigenvalue weighted by molar-refractivity contribution is 0.102. The van der Waals surface area contributed by atoms with Crippen molar-refractivity contribution in [2.45, 2.75) is 39.7 Å². The van der Waals surface area contributed by atoms with Crippen molar-refractivity contribution in [3.8, 4) is 5.75 Å². The fourth-order valence-corrected chi connectivity index (χ4v) is 3.70. The van der Waals surface area contributed by atoms with Crippen LogP contribution in [0.1, 0.15) is 46.6 Å². The van der Waals surface area contributed by atoms with Gasteiger partial charge in [0.2, 0.25) is 0 Å². The van der Waals surface area contributed by atoms with Crippen molar-refractivity contribution in [1.29, 1.82) is 0 Å². The van der Waals surface area contributed by atoms with Gasteiger partial charge in [0.25, 0.3) is 5.91 Å². The number of aryl methyl sites for hydroxylation is 2. The highest BCUT2D eigenvalue weighted by Gasteiger charge is 2.13. The Morgan fingerprint density at radius 2 is 1.87 bits per heavy atom. The Balaban J connectivity index is 1.38. The summed E-state index contributed by atoms with van der Waals surface area (Å²) >= 11 is 0. The third-order valence-corrected chi connectivity index (χ3v) is 5.51. The van der Waals surface area contributed by atoms with Gasteiger partial charge in [0, 0.05) is 30.0 Å². The highest BCUT2D eigenvalue weighted by atomic mass is 16.5. The van der Waals surface area contributed by atoms with Crippen molar-refractivity contribution in [2.75, 3.05) is 23.3 Å². The maximum absolute atomic E-state index is 12.7. The second kappa shape index (κ2) is 9.03. The molecule has 0 unspecified atom stereocenters. The normalized spacial score (nSPS) is 13.9. The molecule has 2 heterocycles. The van der Waals surface area contributed by atoms with E-state index < -0.39 is 0 Å². The Bertz CT molecular complexity index is 985. The van der Waals surface area contributed by atoms with Crippen molar-refractivity contribution >= 4 is 17.3 Å². The minimum Gasteiger partial charge on any atom is -0.489 e. The molecule has 30 heavy (non-hydrogen) atoms. The lowest BCUT2D eigenvalue weighted by atomic mass is 10.1. The molecule has 0 spiro atoms. The fraction of sp³-hybridized carbons (Fsp3) is 0.333. The number of nitrogens with one attached hydrogen (secondary N) is 1. The molecule has 0 aliphatic carbocycles. The number of aromatic nitrogens is 1. The maximum atomic E-state index is 12.7. The number of nitrogens with zero attached hydrogens (tertiary/aromatic N) is 2. The van der Waals surface area contributed by atoms with Gasteiger partial charge in [-0.1, -0.05) is 11.2 Å². The lowest BCUT2D eigenvalue weighted by Gasteiger charge is -2.28. The van der Waals surface area contributed by atoms with Crippen LogP contribution in [0.3, 0.4) is 0 Å². The first-order valence-electron chi connectivity index (χ1n) is 10.4. The van der Waals surface area contributed by atoms with Gasteiger partial charge < -0.3 is 19.5 Å². The smallest absolute Gasteiger partial charge is 0.255 e. The van der Waals surface area contributed by atoms with Crippen LogP contribution in [0.4, 0.5) is 11.4 Å². The molecule has 0 bridgehead atoms. The zero-order valence-electron chi connectivity index (χ0n) is 17.5. The van der Waals surface area contributed by atoms with E-state index in [1.165, 1.54) is 24.9 Å². The number of hydrogen-bond donors (Lipinski definition) is 1. The van der Waals surface area contributed by atoms with Gasteiger partial charge in [-0.05, 0) is 75.6 Å². The van der Waals surface area contributed by atoms with Gasteiger partial charge >= 0.3 is 0 Å². The Morgan fingerprint density at radius 3 is 2.57 bits per heavy atom. The molecule has 6 heteroatoms. The van der Waals surface area contributed by atoms with Crippen molar-refractivity contribution < 1.29 is 14.1 Å². The molecule has 0 radical (unpaired) electrons. The summed E-state index contributed by atoms with van der Waals surface area (Å²) in [5, 5.41) is 6.90. The van der Waals surface area contributed by atoms with E-state index in [-0.39, 0.29) is 5.91 Å². The molecule has 2 aromatic carbocycles. The summed E-state index contributed by atoms with van der Waals surface area (Å²) in [6.07, 6.45) is 3.80. The fourth-order valence-electron chi connectivity index (χ4n) is 3.70. The zero-order valence-corrected chi connectivity index (χ0v) is 17.5. The molecule has 1 amide bonds. The molecular formula is C24H27N3O3. The van der Waals surface area contributed by atoms with Gasteiger partial charge in [-0.25, -0.2) is 0 Å². The standard InChI is InChI=1S/C24H27N3O3/c1-17-23(18(2)30-26-17)16-29-22-8-6-7-19(15-22)24(28)25-20-9-11-21(12-10-20)27-13-4-3-5-14-27/h6-12,15H,3-5,13-14,16H2,1-2H3,(H,25,28). The molecule has 4 rings (SSSR count). The van der Waals surface area contributed by atoms with Gasteiger partial charge in [0.1, 0.15) is 18.1 Å². The summed E-state index contributed by atoms with van der Waals surface area (Å²) in [7, 11) is 0.